The lowest BCUT2D eigenvalue weighted by molar-refractivity contribution is 0.0951. The molecule has 1 aromatic rings. The zero-order valence-corrected chi connectivity index (χ0v) is 8.83. The lowest BCUT2D eigenvalue weighted by Crippen LogP contribution is -2.25. The maximum atomic E-state index is 11.5. The molecule has 0 bridgehead atoms. The SMILES string of the molecule is Cc1nocc1C(=O)NCCC(C)C. The molecule has 0 unspecified atom stereocenters. The van der Waals surface area contributed by atoms with Gasteiger partial charge >= 0.3 is 0 Å². The van der Waals surface area contributed by atoms with Crippen LogP contribution < -0.4 is 5.32 Å². The molecule has 4 heteroatoms. The number of carbonyl (C=O) groups is 1. The van der Waals surface area contributed by atoms with Crippen molar-refractivity contribution in [1.29, 1.82) is 0 Å². The molecule has 0 aliphatic rings. The third-order valence-electron chi connectivity index (χ3n) is 2.00. The van der Waals surface area contributed by atoms with Crippen LogP contribution in [0.3, 0.4) is 0 Å². The molecule has 0 spiro atoms. The normalized spacial score (nSPS) is 10.6. The zero-order chi connectivity index (χ0) is 10.6. The minimum Gasteiger partial charge on any atom is -0.364 e. The van der Waals surface area contributed by atoms with Crippen LogP contribution in [-0.4, -0.2) is 17.6 Å². The Morgan fingerprint density at radius 3 is 2.86 bits per heavy atom. The first-order valence-corrected chi connectivity index (χ1v) is 4.80. The molecular formula is C10H16N2O2. The van der Waals surface area contributed by atoms with E-state index in [2.05, 4.69) is 28.8 Å². The van der Waals surface area contributed by atoms with Crippen LogP contribution in [0.25, 0.3) is 0 Å². The molecule has 4 nitrogen and oxygen atoms in total. The van der Waals surface area contributed by atoms with Crippen LogP contribution in [0.1, 0.15) is 36.3 Å². The standard InChI is InChI=1S/C10H16N2O2/c1-7(2)4-5-11-10(13)9-6-14-12-8(9)3/h6-7H,4-5H2,1-3H3,(H,11,13). The molecule has 0 radical (unpaired) electrons. The summed E-state index contributed by atoms with van der Waals surface area (Å²) in [7, 11) is 0. The Kier molecular flexibility index (Phi) is 3.68. The predicted molar refractivity (Wildman–Crippen MR) is 53.0 cm³/mol. The van der Waals surface area contributed by atoms with E-state index in [9.17, 15) is 4.79 Å². The molecule has 0 aliphatic carbocycles. The van der Waals surface area contributed by atoms with Gasteiger partial charge in [0, 0.05) is 6.54 Å². The molecule has 0 saturated carbocycles. The van der Waals surface area contributed by atoms with Gasteiger partial charge in [-0.05, 0) is 19.3 Å². The highest BCUT2D eigenvalue weighted by molar-refractivity contribution is 5.94. The summed E-state index contributed by atoms with van der Waals surface area (Å²) in [6.07, 6.45) is 2.36. The van der Waals surface area contributed by atoms with Crippen LogP contribution in [0.15, 0.2) is 10.8 Å². The summed E-state index contributed by atoms with van der Waals surface area (Å²) >= 11 is 0. The van der Waals surface area contributed by atoms with Crippen LogP contribution >= 0.6 is 0 Å². The van der Waals surface area contributed by atoms with Crippen molar-refractivity contribution < 1.29 is 9.32 Å². The van der Waals surface area contributed by atoms with Gasteiger partial charge in [-0.3, -0.25) is 4.79 Å². The van der Waals surface area contributed by atoms with Gasteiger partial charge in [0.05, 0.1) is 5.69 Å². The first kappa shape index (κ1) is 10.8. The molecule has 14 heavy (non-hydrogen) atoms. The maximum Gasteiger partial charge on any atom is 0.256 e. The topological polar surface area (TPSA) is 55.1 Å². The molecule has 0 saturated heterocycles. The fraction of sp³-hybridized carbons (Fsp3) is 0.600. The van der Waals surface area contributed by atoms with Crippen LogP contribution in [0.5, 0.6) is 0 Å². The number of nitrogens with zero attached hydrogens (tertiary/aromatic N) is 1. The van der Waals surface area contributed by atoms with E-state index in [1.54, 1.807) is 6.92 Å². The largest absolute Gasteiger partial charge is 0.364 e. The van der Waals surface area contributed by atoms with Gasteiger partial charge in [-0.25, -0.2) is 0 Å². The lowest BCUT2D eigenvalue weighted by Gasteiger charge is -2.05. The van der Waals surface area contributed by atoms with E-state index in [1.165, 1.54) is 6.26 Å². The van der Waals surface area contributed by atoms with Crippen LogP contribution in [0.4, 0.5) is 0 Å². The van der Waals surface area contributed by atoms with Gasteiger partial charge in [-0.15, -0.1) is 0 Å². The molecule has 1 rings (SSSR count). The zero-order valence-electron chi connectivity index (χ0n) is 8.83. The monoisotopic (exact) mass is 196 g/mol. The third-order valence-corrected chi connectivity index (χ3v) is 2.00. The number of carbonyl (C=O) groups excluding carboxylic acids is 1. The summed E-state index contributed by atoms with van der Waals surface area (Å²) in [6.45, 7) is 6.69. The van der Waals surface area contributed by atoms with Crippen molar-refractivity contribution in [2.24, 2.45) is 5.92 Å². The number of nitrogens with one attached hydrogen (secondary N) is 1. The van der Waals surface area contributed by atoms with Gasteiger partial charge in [0.15, 0.2) is 0 Å². The molecule has 1 heterocycles. The number of rotatable bonds is 4. The van der Waals surface area contributed by atoms with Gasteiger partial charge in [0.2, 0.25) is 0 Å². The van der Waals surface area contributed by atoms with E-state index >= 15 is 0 Å². The molecule has 78 valence electrons. The second-order valence-electron chi connectivity index (χ2n) is 3.75. The van der Waals surface area contributed by atoms with Crippen molar-refractivity contribution in [2.45, 2.75) is 27.2 Å². The van der Waals surface area contributed by atoms with Gasteiger partial charge in [0.1, 0.15) is 11.8 Å². The number of aryl methyl sites for hydroxylation is 1. The fourth-order valence-corrected chi connectivity index (χ4v) is 1.08. The molecular weight excluding hydrogens is 180 g/mol. The summed E-state index contributed by atoms with van der Waals surface area (Å²) < 4.78 is 4.68. The molecule has 1 amide bonds. The van der Waals surface area contributed by atoms with Crippen LogP contribution in [0, 0.1) is 12.8 Å². The highest BCUT2D eigenvalue weighted by atomic mass is 16.5. The molecule has 1 N–H and O–H groups in total. The molecule has 1 aromatic heterocycles. The molecule has 0 atom stereocenters. The average molecular weight is 196 g/mol. The van der Waals surface area contributed by atoms with Crippen molar-refractivity contribution in [3.05, 3.63) is 17.5 Å². The van der Waals surface area contributed by atoms with Gasteiger partial charge in [-0.1, -0.05) is 19.0 Å². The summed E-state index contributed by atoms with van der Waals surface area (Å²) in [5.74, 6) is 0.489. The van der Waals surface area contributed by atoms with Crippen molar-refractivity contribution in [1.82, 2.24) is 10.5 Å². The minimum atomic E-state index is -0.107. The fourth-order valence-electron chi connectivity index (χ4n) is 1.08. The molecule has 0 aliphatic heterocycles. The van der Waals surface area contributed by atoms with E-state index in [4.69, 9.17) is 0 Å². The Morgan fingerprint density at radius 2 is 2.36 bits per heavy atom. The van der Waals surface area contributed by atoms with Crippen molar-refractivity contribution in [3.63, 3.8) is 0 Å². The number of hydrogen-bond donors (Lipinski definition) is 1. The second kappa shape index (κ2) is 4.79. The van der Waals surface area contributed by atoms with Crippen molar-refractivity contribution in [3.8, 4) is 0 Å². The summed E-state index contributed by atoms with van der Waals surface area (Å²) in [5, 5.41) is 6.46. The Bertz CT molecular complexity index is 305. The van der Waals surface area contributed by atoms with Gasteiger partial charge in [-0.2, -0.15) is 0 Å². The Labute approximate surface area is 83.7 Å². The van der Waals surface area contributed by atoms with E-state index in [-0.39, 0.29) is 5.91 Å². The summed E-state index contributed by atoms with van der Waals surface area (Å²) in [5.41, 5.74) is 1.15. The lowest BCUT2D eigenvalue weighted by atomic mass is 10.1. The highest BCUT2D eigenvalue weighted by Gasteiger charge is 2.11. The Balaban J connectivity index is 2.40. The van der Waals surface area contributed by atoms with Crippen LogP contribution in [0.2, 0.25) is 0 Å². The summed E-state index contributed by atoms with van der Waals surface area (Å²) in [6, 6.07) is 0. The van der Waals surface area contributed by atoms with E-state index in [0.717, 1.165) is 6.42 Å². The van der Waals surface area contributed by atoms with Gasteiger partial charge in [0.25, 0.3) is 5.91 Å². The Morgan fingerprint density at radius 1 is 1.64 bits per heavy atom. The van der Waals surface area contributed by atoms with Crippen molar-refractivity contribution >= 4 is 5.91 Å². The quantitative estimate of drug-likeness (QED) is 0.798. The molecule has 0 fully saturated rings. The van der Waals surface area contributed by atoms with E-state index < -0.39 is 0 Å². The van der Waals surface area contributed by atoms with E-state index in [1.807, 2.05) is 0 Å². The van der Waals surface area contributed by atoms with Crippen molar-refractivity contribution in [2.75, 3.05) is 6.54 Å². The highest BCUT2D eigenvalue weighted by Crippen LogP contribution is 2.04. The van der Waals surface area contributed by atoms with Gasteiger partial charge < -0.3 is 9.84 Å². The van der Waals surface area contributed by atoms with Crippen LogP contribution in [-0.2, 0) is 0 Å². The van der Waals surface area contributed by atoms with E-state index in [0.29, 0.717) is 23.7 Å². The average Bonchev–Trinajstić information content (AvgIpc) is 2.50. The first-order chi connectivity index (χ1) is 6.61. The summed E-state index contributed by atoms with van der Waals surface area (Å²) in [4.78, 5) is 11.5. The smallest absolute Gasteiger partial charge is 0.256 e. The number of amides is 1. The number of aromatic nitrogens is 1. The first-order valence-electron chi connectivity index (χ1n) is 4.80. The number of hydrogen-bond acceptors (Lipinski definition) is 3. The third kappa shape index (κ3) is 2.87. The Hall–Kier alpha value is -1.32. The predicted octanol–water partition coefficient (Wildman–Crippen LogP) is 1.76. The minimum absolute atomic E-state index is 0.107. The second-order valence-corrected chi connectivity index (χ2v) is 3.75. The molecule has 0 aromatic carbocycles. The maximum absolute atomic E-state index is 11.5.